The van der Waals surface area contributed by atoms with E-state index in [1.165, 1.54) is 10.4 Å². The summed E-state index contributed by atoms with van der Waals surface area (Å²) in [5.41, 5.74) is 3.06. The summed E-state index contributed by atoms with van der Waals surface area (Å²) in [6, 6.07) is 19.4. The van der Waals surface area contributed by atoms with Gasteiger partial charge >= 0.3 is 6.03 Å². The van der Waals surface area contributed by atoms with E-state index in [-0.39, 0.29) is 12.1 Å². The maximum absolute atomic E-state index is 13.0. The topological polar surface area (TPSA) is 32.3 Å². The van der Waals surface area contributed by atoms with Gasteiger partial charge in [0.05, 0.1) is 6.04 Å². The number of nitrogens with one attached hydrogen (secondary N) is 1. The number of amides is 2. The zero-order chi connectivity index (χ0) is 17.2. The lowest BCUT2D eigenvalue weighted by Gasteiger charge is -2.36. The van der Waals surface area contributed by atoms with Gasteiger partial charge in [-0.15, -0.1) is 11.3 Å². The Balaban J connectivity index is 1.66. The number of anilines is 1. The van der Waals surface area contributed by atoms with Crippen molar-refractivity contribution >= 4 is 34.7 Å². The fraction of sp³-hybridized carbons (Fsp3) is 0.150. The SMILES string of the molecule is O=C(Nc1cccc(Cl)c1)N1CCc2sccc2[C@@H]1c1ccccc1. The van der Waals surface area contributed by atoms with E-state index in [0.29, 0.717) is 17.3 Å². The molecule has 2 amide bonds. The third-order valence-corrected chi connectivity index (χ3v) is 5.65. The minimum atomic E-state index is -0.104. The van der Waals surface area contributed by atoms with Gasteiger partial charge in [0, 0.05) is 22.1 Å². The van der Waals surface area contributed by atoms with E-state index in [1.54, 1.807) is 23.5 Å². The molecule has 0 saturated heterocycles. The predicted octanol–water partition coefficient (Wildman–Crippen LogP) is 5.58. The number of hydrogen-bond donors (Lipinski definition) is 1. The molecule has 0 aliphatic carbocycles. The Hall–Kier alpha value is -2.30. The summed E-state index contributed by atoms with van der Waals surface area (Å²) in [6.45, 7) is 0.694. The molecule has 4 rings (SSSR count). The van der Waals surface area contributed by atoms with Crippen molar-refractivity contribution < 1.29 is 4.79 Å². The molecule has 1 atom stereocenters. The van der Waals surface area contributed by atoms with Crippen LogP contribution in [-0.2, 0) is 6.42 Å². The number of nitrogens with zero attached hydrogens (tertiary/aromatic N) is 1. The van der Waals surface area contributed by atoms with Crippen LogP contribution in [0.25, 0.3) is 0 Å². The van der Waals surface area contributed by atoms with Gasteiger partial charge in [-0.05, 0) is 47.2 Å². The summed E-state index contributed by atoms with van der Waals surface area (Å²) >= 11 is 7.80. The molecule has 1 aliphatic heterocycles. The van der Waals surface area contributed by atoms with Crippen LogP contribution in [0.5, 0.6) is 0 Å². The van der Waals surface area contributed by atoms with Crippen LogP contribution >= 0.6 is 22.9 Å². The third-order valence-electron chi connectivity index (χ3n) is 4.42. The molecule has 2 heterocycles. The highest BCUT2D eigenvalue weighted by Crippen LogP contribution is 2.38. The number of carbonyl (C=O) groups excluding carboxylic acids is 1. The number of benzene rings is 2. The minimum Gasteiger partial charge on any atom is -0.313 e. The molecule has 5 heteroatoms. The Bertz CT molecular complexity index is 893. The van der Waals surface area contributed by atoms with Crippen LogP contribution in [0.4, 0.5) is 10.5 Å². The van der Waals surface area contributed by atoms with Crippen LogP contribution in [0.1, 0.15) is 22.0 Å². The summed E-state index contributed by atoms with van der Waals surface area (Å²) in [4.78, 5) is 16.2. The lowest BCUT2D eigenvalue weighted by atomic mass is 9.93. The number of thiophene rings is 1. The molecule has 0 bridgehead atoms. The Labute approximate surface area is 155 Å². The van der Waals surface area contributed by atoms with Crippen LogP contribution in [0.2, 0.25) is 5.02 Å². The number of urea groups is 1. The fourth-order valence-corrected chi connectivity index (χ4v) is 4.39. The van der Waals surface area contributed by atoms with E-state index >= 15 is 0 Å². The van der Waals surface area contributed by atoms with Gasteiger partial charge in [0.2, 0.25) is 0 Å². The second kappa shape index (κ2) is 6.90. The lowest BCUT2D eigenvalue weighted by Crippen LogP contribution is -2.42. The summed E-state index contributed by atoms with van der Waals surface area (Å²) in [5.74, 6) is 0. The zero-order valence-corrected chi connectivity index (χ0v) is 15.1. The van der Waals surface area contributed by atoms with Gasteiger partial charge in [0.15, 0.2) is 0 Å². The van der Waals surface area contributed by atoms with Gasteiger partial charge in [-0.25, -0.2) is 4.79 Å². The average Bonchev–Trinajstić information content (AvgIpc) is 3.10. The van der Waals surface area contributed by atoms with Crippen molar-refractivity contribution in [3.63, 3.8) is 0 Å². The molecule has 0 saturated carbocycles. The monoisotopic (exact) mass is 368 g/mol. The summed E-state index contributed by atoms with van der Waals surface area (Å²) in [5, 5.41) is 5.70. The smallest absolute Gasteiger partial charge is 0.313 e. The molecule has 0 fully saturated rings. The molecule has 25 heavy (non-hydrogen) atoms. The highest BCUT2D eigenvalue weighted by molar-refractivity contribution is 7.10. The standard InChI is InChI=1S/C20H17ClN2OS/c21-15-7-4-8-16(13-15)22-20(24)23-11-9-18-17(10-12-25-18)19(23)14-5-2-1-3-6-14/h1-8,10,12-13,19H,9,11H2,(H,22,24)/t19-/m0/s1. The quantitative estimate of drug-likeness (QED) is 0.629. The van der Waals surface area contributed by atoms with E-state index in [0.717, 1.165) is 12.0 Å². The highest BCUT2D eigenvalue weighted by atomic mass is 35.5. The van der Waals surface area contributed by atoms with E-state index in [4.69, 9.17) is 11.6 Å². The normalized spacial score (nSPS) is 16.4. The number of hydrogen-bond acceptors (Lipinski definition) is 2. The maximum Gasteiger partial charge on any atom is 0.322 e. The number of fused-ring (bicyclic) bond motifs is 1. The van der Waals surface area contributed by atoms with Crippen LogP contribution in [0, 0.1) is 0 Å². The summed E-state index contributed by atoms with van der Waals surface area (Å²) in [6.07, 6.45) is 0.888. The first-order chi connectivity index (χ1) is 12.2. The van der Waals surface area contributed by atoms with Crippen molar-refractivity contribution in [2.75, 3.05) is 11.9 Å². The molecule has 0 radical (unpaired) electrons. The van der Waals surface area contributed by atoms with Gasteiger partial charge in [0.25, 0.3) is 0 Å². The van der Waals surface area contributed by atoms with Crippen molar-refractivity contribution in [1.29, 1.82) is 0 Å². The Morgan fingerprint density at radius 3 is 2.76 bits per heavy atom. The molecule has 126 valence electrons. The van der Waals surface area contributed by atoms with E-state index in [2.05, 4.69) is 28.9 Å². The van der Waals surface area contributed by atoms with Crippen molar-refractivity contribution in [3.8, 4) is 0 Å². The van der Waals surface area contributed by atoms with Crippen molar-refractivity contribution in [1.82, 2.24) is 4.90 Å². The van der Waals surface area contributed by atoms with Crippen LogP contribution in [-0.4, -0.2) is 17.5 Å². The number of halogens is 1. The van der Waals surface area contributed by atoms with Crippen LogP contribution in [0.3, 0.4) is 0 Å². The molecule has 0 spiro atoms. The average molecular weight is 369 g/mol. The first-order valence-corrected chi connectivity index (χ1v) is 9.42. The molecule has 1 N–H and O–H groups in total. The Kier molecular flexibility index (Phi) is 4.47. The number of rotatable bonds is 2. The second-order valence-electron chi connectivity index (χ2n) is 6.00. The second-order valence-corrected chi connectivity index (χ2v) is 7.43. The summed E-state index contributed by atoms with van der Waals surface area (Å²) < 4.78 is 0. The van der Waals surface area contributed by atoms with E-state index in [1.807, 2.05) is 35.2 Å². The predicted molar refractivity (Wildman–Crippen MR) is 103 cm³/mol. The zero-order valence-electron chi connectivity index (χ0n) is 13.5. The van der Waals surface area contributed by atoms with Gasteiger partial charge in [-0.1, -0.05) is 48.0 Å². The van der Waals surface area contributed by atoms with Gasteiger partial charge in [-0.2, -0.15) is 0 Å². The molecular weight excluding hydrogens is 352 g/mol. The Morgan fingerprint density at radius 1 is 1.12 bits per heavy atom. The first kappa shape index (κ1) is 16.2. The first-order valence-electron chi connectivity index (χ1n) is 8.17. The number of carbonyl (C=O) groups is 1. The Morgan fingerprint density at radius 2 is 1.96 bits per heavy atom. The van der Waals surface area contributed by atoms with E-state index < -0.39 is 0 Å². The lowest BCUT2D eigenvalue weighted by molar-refractivity contribution is 0.194. The molecule has 1 aliphatic rings. The van der Waals surface area contributed by atoms with Gasteiger partial charge in [-0.3, -0.25) is 0 Å². The van der Waals surface area contributed by atoms with Gasteiger partial charge in [0.1, 0.15) is 0 Å². The molecule has 0 unspecified atom stereocenters. The molecule has 3 aromatic rings. The molecular formula is C20H17ClN2OS. The van der Waals surface area contributed by atoms with Crippen LogP contribution < -0.4 is 5.32 Å². The molecule has 2 aromatic carbocycles. The maximum atomic E-state index is 13.0. The summed E-state index contributed by atoms with van der Waals surface area (Å²) in [7, 11) is 0. The molecule has 1 aromatic heterocycles. The van der Waals surface area contributed by atoms with Crippen molar-refractivity contribution in [3.05, 3.63) is 87.1 Å². The van der Waals surface area contributed by atoms with Gasteiger partial charge < -0.3 is 10.2 Å². The fourth-order valence-electron chi connectivity index (χ4n) is 3.29. The van der Waals surface area contributed by atoms with Crippen LogP contribution in [0.15, 0.2) is 66.0 Å². The highest BCUT2D eigenvalue weighted by Gasteiger charge is 2.32. The largest absolute Gasteiger partial charge is 0.322 e. The third kappa shape index (κ3) is 3.28. The molecule has 3 nitrogen and oxygen atoms in total. The van der Waals surface area contributed by atoms with Crippen molar-refractivity contribution in [2.24, 2.45) is 0 Å². The van der Waals surface area contributed by atoms with Crippen molar-refractivity contribution in [2.45, 2.75) is 12.5 Å². The van der Waals surface area contributed by atoms with E-state index in [9.17, 15) is 4.79 Å². The minimum absolute atomic E-state index is 0.0598.